The molecule has 170 valence electrons. The minimum absolute atomic E-state index is 0.0269. The van der Waals surface area contributed by atoms with Gasteiger partial charge in [-0.1, -0.05) is 57.1 Å². The van der Waals surface area contributed by atoms with Gasteiger partial charge in [0, 0.05) is 26.2 Å². The van der Waals surface area contributed by atoms with Crippen LogP contribution in [0.25, 0.3) is 0 Å². The topological polar surface area (TPSA) is 51.1 Å². The number of fused-ring (bicyclic) bond motifs is 6. The summed E-state index contributed by atoms with van der Waals surface area (Å²) in [7, 11) is 0. The molecule has 6 rings (SSSR count). The number of thiazole rings is 1. The van der Waals surface area contributed by atoms with Crippen molar-refractivity contribution in [1.29, 1.82) is 0 Å². The van der Waals surface area contributed by atoms with Gasteiger partial charge in [0.15, 0.2) is 0 Å². The Kier molecular flexibility index (Phi) is 5.54. The van der Waals surface area contributed by atoms with Crippen molar-refractivity contribution in [2.75, 3.05) is 5.32 Å². The SMILES string of the molecule is Cc1ccc(NC(=O)Cn2c3c(sc2=O)[C@H](c2ccc(Br)cc2)C2C4CCC(C4)C2S3)cc1. The van der Waals surface area contributed by atoms with Crippen molar-refractivity contribution in [2.24, 2.45) is 17.8 Å². The summed E-state index contributed by atoms with van der Waals surface area (Å²) in [5.74, 6) is 2.13. The summed E-state index contributed by atoms with van der Waals surface area (Å²) in [6.45, 7) is 2.08. The molecular formula is C26H25BrN2O2S2. The third-order valence-corrected chi connectivity index (χ3v) is 10.9. The highest BCUT2D eigenvalue weighted by atomic mass is 79.9. The first kappa shape index (κ1) is 21.7. The van der Waals surface area contributed by atoms with Gasteiger partial charge >= 0.3 is 4.87 Å². The van der Waals surface area contributed by atoms with Gasteiger partial charge in [-0.3, -0.25) is 14.2 Å². The molecule has 2 fully saturated rings. The van der Waals surface area contributed by atoms with E-state index in [9.17, 15) is 9.59 Å². The Bertz CT molecular complexity index is 1260. The molecule has 1 N–H and O–H groups in total. The highest BCUT2D eigenvalue weighted by Crippen LogP contribution is 2.64. The highest BCUT2D eigenvalue weighted by molar-refractivity contribution is 9.10. The molecule has 7 heteroatoms. The lowest BCUT2D eigenvalue weighted by atomic mass is 9.75. The number of benzene rings is 2. The Morgan fingerprint density at radius 3 is 2.58 bits per heavy atom. The van der Waals surface area contributed by atoms with Crippen LogP contribution in [0, 0.1) is 24.7 Å². The van der Waals surface area contributed by atoms with E-state index in [1.54, 1.807) is 4.57 Å². The molecule has 0 spiro atoms. The molecule has 0 radical (unpaired) electrons. The summed E-state index contributed by atoms with van der Waals surface area (Å²) < 4.78 is 2.79. The Morgan fingerprint density at radius 1 is 1.09 bits per heavy atom. The Labute approximate surface area is 209 Å². The number of anilines is 1. The normalized spacial score (nSPS) is 27.3. The zero-order chi connectivity index (χ0) is 22.7. The molecule has 3 aromatic rings. The molecule has 2 heterocycles. The number of hydrogen-bond acceptors (Lipinski definition) is 4. The van der Waals surface area contributed by atoms with E-state index >= 15 is 0 Å². The van der Waals surface area contributed by atoms with Gasteiger partial charge in [-0.15, -0.1) is 11.8 Å². The summed E-state index contributed by atoms with van der Waals surface area (Å²) in [6.07, 6.45) is 3.91. The molecule has 3 aliphatic rings. The van der Waals surface area contributed by atoms with Crippen LogP contribution in [0.4, 0.5) is 5.69 Å². The van der Waals surface area contributed by atoms with Gasteiger partial charge in [-0.2, -0.15) is 0 Å². The van der Waals surface area contributed by atoms with E-state index < -0.39 is 0 Å². The summed E-state index contributed by atoms with van der Waals surface area (Å²) in [5.41, 5.74) is 3.20. The maximum absolute atomic E-state index is 13.1. The second-order valence-corrected chi connectivity index (χ2v) is 12.6. The molecule has 0 saturated heterocycles. The number of rotatable bonds is 4. The van der Waals surface area contributed by atoms with Crippen LogP contribution in [0.1, 0.15) is 41.2 Å². The molecule has 4 unspecified atom stereocenters. The fourth-order valence-electron chi connectivity index (χ4n) is 6.11. The number of aromatic nitrogens is 1. The van der Waals surface area contributed by atoms with Crippen LogP contribution in [-0.2, 0) is 11.3 Å². The van der Waals surface area contributed by atoms with Gasteiger partial charge in [0.05, 0.1) is 5.03 Å². The third kappa shape index (κ3) is 3.82. The van der Waals surface area contributed by atoms with Gasteiger partial charge in [0.1, 0.15) is 6.54 Å². The number of amides is 1. The van der Waals surface area contributed by atoms with E-state index in [0.29, 0.717) is 11.2 Å². The predicted octanol–water partition coefficient (Wildman–Crippen LogP) is 6.27. The largest absolute Gasteiger partial charge is 0.325 e. The van der Waals surface area contributed by atoms with Crippen LogP contribution < -0.4 is 10.2 Å². The van der Waals surface area contributed by atoms with Crippen molar-refractivity contribution in [2.45, 2.75) is 48.9 Å². The molecule has 33 heavy (non-hydrogen) atoms. The van der Waals surface area contributed by atoms with Crippen molar-refractivity contribution < 1.29 is 4.79 Å². The zero-order valence-corrected chi connectivity index (χ0v) is 21.5. The van der Waals surface area contributed by atoms with Gasteiger partial charge in [0.2, 0.25) is 5.91 Å². The maximum atomic E-state index is 13.1. The van der Waals surface area contributed by atoms with Crippen LogP contribution in [0.5, 0.6) is 0 Å². The highest BCUT2D eigenvalue weighted by Gasteiger charge is 2.55. The molecule has 5 atom stereocenters. The molecule has 4 nitrogen and oxygen atoms in total. The smallest absolute Gasteiger partial charge is 0.308 e. The molecule has 2 aromatic carbocycles. The van der Waals surface area contributed by atoms with Gasteiger partial charge in [-0.05, 0) is 73.8 Å². The number of nitrogens with zero attached hydrogens (tertiary/aromatic N) is 1. The molecule has 2 bridgehead atoms. The van der Waals surface area contributed by atoms with Crippen LogP contribution >= 0.6 is 39.0 Å². The summed E-state index contributed by atoms with van der Waals surface area (Å²) in [6, 6.07) is 16.4. The first-order valence-corrected chi connectivity index (χ1v) is 14.0. The van der Waals surface area contributed by atoms with Crippen LogP contribution in [0.15, 0.2) is 62.8 Å². The lowest BCUT2D eigenvalue weighted by molar-refractivity contribution is -0.116. The second kappa shape index (κ2) is 8.43. The quantitative estimate of drug-likeness (QED) is 0.424. The molecule has 2 aliphatic carbocycles. The number of carbonyl (C=O) groups is 1. The number of halogens is 1. The van der Waals surface area contributed by atoms with Crippen LogP contribution in [-0.4, -0.2) is 15.7 Å². The lowest BCUT2D eigenvalue weighted by Crippen LogP contribution is -2.34. The van der Waals surface area contributed by atoms with E-state index in [1.165, 1.54) is 36.2 Å². The number of carbonyl (C=O) groups excluding carboxylic acids is 1. The van der Waals surface area contributed by atoms with Crippen LogP contribution in [0.3, 0.4) is 0 Å². The predicted molar refractivity (Wildman–Crippen MR) is 138 cm³/mol. The van der Waals surface area contributed by atoms with Gasteiger partial charge in [-0.25, -0.2) is 0 Å². The van der Waals surface area contributed by atoms with E-state index in [2.05, 4.69) is 45.5 Å². The van der Waals surface area contributed by atoms with Crippen LogP contribution in [0.2, 0.25) is 0 Å². The second-order valence-electron chi connectivity index (χ2n) is 9.56. The van der Waals surface area contributed by atoms with Crippen molar-refractivity contribution in [3.8, 4) is 0 Å². The lowest BCUT2D eigenvalue weighted by Gasteiger charge is -2.40. The van der Waals surface area contributed by atoms with Gasteiger partial charge in [0.25, 0.3) is 0 Å². The minimum atomic E-state index is -0.155. The molecular weight excluding hydrogens is 516 g/mol. The number of hydrogen-bond donors (Lipinski definition) is 1. The van der Waals surface area contributed by atoms with Crippen molar-refractivity contribution in [1.82, 2.24) is 4.57 Å². The molecule has 1 aliphatic heterocycles. The number of aryl methyl sites for hydroxylation is 1. The first-order valence-electron chi connectivity index (χ1n) is 11.5. The molecule has 1 amide bonds. The Morgan fingerprint density at radius 2 is 1.82 bits per heavy atom. The fraction of sp³-hybridized carbons (Fsp3) is 0.385. The van der Waals surface area contributed by atoms with Crippen molar-refractivity contribution >= 4 is 50.6 Å². The van der Waals surface area contributed by atoms with E-state index in [-0.39, 0.29) is 23.2 Å². The molecule has 1 aromatic heterocycles. The van der Waals surface area contributed by atoms with Crippen molar-refractivity contribution in [3.63, 3.8) is 0 Å². The summed E-state index contributed by atoms with van der Waals surface area (Å²) >= 11 is 6.78. The maximum Gasteiger partial charge on any atom is 0.308 e. The fourth-order valence-corrected chi connectivity index (χ4v) is 9.53. The van der Waals surface area contributed by atoms with E-state index in [4.69, 9.17) is 0 Å². The number of nitrogens with one attached hydrogen (secondary N) is 1. The van der Waals surface area contributed by atoms with E-state index in [1.807, 2.05) is 43.0 Å². The molecule has 2 saturated carbocycles. The summed E-state index contributed by atoms with van der Waals surface area (Å²) in [4.78, 5) is 27.1. The van der Waals surface area contributed by atoms with Gasteiger partial charge < -0.3 is 5.32 Å². The van der Waals surface area contributed by atoms with Crippen molar-refractivity contribution in [3.05, 3.63) is 78.7 Å². The average Bonchev–Trinajstić information content (AvgIpc) is 3.49. The standard InChI is InChI=1S/C26H25BrN2O2S2/c1-14-2-10-19(11-3-14)28-20(30)13-29-25-24(33-26(29)31)21(15-6-8-18(27)9-7-15)22-16-4-5-17(12-16)23(22)32-25/h2-3,6-11,16-17,21-23H,4-5,12-13H2,1H3,(H,28,30)/t16?,17?,21-,22?,23?/m1/s1. The first-order chi connectivity index (χ1) is 16.0. The number of thioether (sulfide) groups is 1. The Hall–Kier alpha value is -1.83. The third-order valence-electron chi connectivity index (χ3n) is 7.56. The zero-order valence-electron chi connectivity index (χ0n) is 18.3. The van der Waals surface area contributed by atoms with E-state index in [0.717, 1.165) is 37.5 Å². The Balaban J connectivity index is 1.36. The minimum Gasteiger partial charge on any atom is -0.325 e. The average molecular weight is 542 g/mol. The monoisotopic (exact) mass is 540 g/mol. The summed E-state index contributed by atoms with van der Waals surface area (Å²) in [5, 5.41) is 4.51.